The van der Waals surface area contributed by atoms with E-state index in [4.69, 9.17) is 17.3 Å². The Morgan fingerprint density at radius 2 is 2.05 bits per heavy atom. The molecule has 0 saturated heterocycles. The molecular formula is C13H16ClF3N2O. The van der Waals surface area contributed by atoms with Crippen LogP contribution in [-0.2, 0) is 11.0 Å². The van der Waals surface area contributed by atoms with Crippen LogP contribution < -0.4 is 11.1 Å². The van der Waals surface area contributed by atoms with E-state index in [1.165, 1.54) is 0 Å². The first-order chi connectivity index (χ1) is 9.16. The van der Waals surface area contributed by atoms with Crippen molar-refractivity contribution in [3.63, 3.8) is 0 Å². The van der Waals surface area contributed by atoms with Crippen LogP contribution in [0.1, 0.15) is 25.8 Å². The number of carbonyl (C=O) groups excluding carboxylic acids is 1. The molecule has 7 heteroatoms. The molecule has 2 atom stereocenters. The van der Waals surface area contributed by atoms with Crippen molar-refractivity contribution >= 4 is 23.2 Å². The standard InChI is InChI=1S/C13H16ClF3N2O/c1-3-7(2)11(18)12(20)19-10-6-8(13(15,16)17)4-5-9(10)14/h4-7,11H,3,18H2,1-2H3,(H,19,20). The zero-order valence-corrected chi connectivity index (χ0v) is 11.8. The number of anilines is 1. The molecule has 0 aliphatic rings. The maximum atomic E-state index is 12.6. The number of hydrogen-bond acceptors (Lipinski definition) is 2. The second kappa shape index (κ2) is 6.45. The molecular weight excluding hydrogens is 293 g/mol. The summed E-state index contributed by atoms with van der Waals surface area (Å²) in [6.45, 7) is 3.66. The highest BCUT2D eigenvalue weighted by Crippen LogP contribution is 2.33. The van der Waals surface area contributed by atoms with Gasteiger partial charge in [-0.25, -0.2) is 0 Å². The van der Waals surface area contributed by atoms with Gasteiger partial charge in [0.1, 0.15) is 0 Å². The van der Waals surface area contributed by atoms with Crippen molar-refractivity contribution in [1.82, 2.24) is 0 Å². The fourth-order valence-electron chi connectivity index (χ4n) is 1.53. The van der Waals surface area contributed by atoms with Gasteiger partial charge in [-0.1, -0.05) is 31.9 Å². The maximum absolute atomic E-state index is 12.6. The fourth-order valence-corrected chi connectivity index (χ4v) is 1.69. The van der Waals surface area contributed by atoms with Crippen LogP contribution in [0.4, 0.5) is 18.9 Å². The number of nitrogens with one attached hydrogen (secondary N) is 1. The number of alkyl halides is 3. The third-order valence-electron chi connectivity index (χ3n) is 3.11. The van der Waals surface area contributed by atoms with Gasteiger partial charge in [-0.15, -0.1) is 0 Å². The van der Waals surface area contributed by atoms with Crippen molar-refractivity contribution in [2.75, 3.05) is 5.32 Å². The van der Waals surface area contributed by atoms with E-state index in [0.29, 0.717) is 6.42 Å². The molecule has 0 bridgehead atoms. The predicted molar refractivity (Wildman–Crippen MR) is 72.5 cm³/mol. The molecule has 3 N–H and O–H groups in total. The number of carbonyl (C=O) groups is 1. The molecule has 0 aliphatic heterocycles. The highest BCUT2D eigenvalue weighted by molar-refractivity contribution is 6.33. The highest BCUT2D eigenvalue weighted by atomic mass is 35.5. The van der Waals surface area contributed by atoms with E-state index in [9.17, 15) is 18.0 Å². The summed E-state index contributed by atoms with van der Waals surface area (Å²) in [5.41, 5.74) is 4.74. The van der Waals surface area contributed by atoms with Crippen molar-refractivity contribution < 1.29 is 18.0 Å². The SMILES string of the molecule is CCC(C)C(N)C(=O)Nc1cc(C(F)(F)F)ccc1Cl. The number of amides is 1. The van der Waals surface area contributed by atoms with E-state index in [1.807, 2.05) is 6.92 Å². The van der Waals surface area contributed by atoms with Gasteiger partial charge in [0.25, 0.3) is 0 Å². The van der Waals surface area contributed by atoms with Gasteiger partial charge < -0.3 is 11.1 Å². The van der Waals surface area contributed by atoms with Crippen LogP contribution in [0.3, 0.4) is 0 Å². The lowest BCUT2D eigenvalue weighted by Gasteiger charge is -2.18. The molecule has 20 heavy (non-hydrogen) atoms. The molecule has 1 amide bonds. The second-order valence-corrected chi connectivity index (χ2v) is 5.00. The summed E-state index contributed by atoms with van der Waals surface area (Å²) in [7, 11) is 0. The summed E-state index contributed by atoms with van der Waals surface area (Å²) >= 11 is 5.79. The number of nitrogens with two attached hydrogens (primary N) is 1. The van der Waals surface area contributed by atoms with Gasteiger partial charge >= 0.3 is 6.18 Å². The Morgan fingerprint density at radius 3 is 2.55 bits per heavy atom. The van der Waals surface area contributed by atoms with E-state index in [0.717, 1.165) is 18.2 Å². The van der Waals surface area contributed by atoms with Crippen molar-refractivity contribution in [3.8, 4) is 0 Å². The van der Waals surface area contributed by atoms with Gasteiger partial charge in [0.15, 0.2) is 0 Å². The summed E-state index contributed by atoms with van der Waals surface area (Å²) in [6, 6.07) is 1.94. The van der Waals surface area contributed by atoms with Crippen LogP contribution in [0.25, 0.3) is 0 Å². The first-order valence-electron chi connectivity index (χ1n) is 6.10. The molecule has 0 fully saturated rings. The monoisotopic (exact) mass is 308 g/mol. The van der Waals surface area contributed by atoms with Crippen LogP contribution in [0.2, 0.25) is 5.02 Å². The largest absolute Gasteiger partial charge is 0.416 e. The summed E-state index contributed by atoms with van der Waals surface area (Å²) < 4.78 is 37.8. The predicted octanol–water partition coefficient (Wildman–Crippen LogP) is 3.67. The number of benzene rings is 1. The normalized spacial score (nSPS) is 14.8. The molecule has 0 spiro atoms. The molecule has 1 rings (SSSR count). The zero-order chi connectivity index (χ0) is 15.5. The van der Waals surface area contributed by atoms with Crippen molar-refractivity contribution in [1.29, 1.82) is 0 Å². The smallest absolute Gasteiger partial charge is 0.323 e. The summed E-state index contributed by atoms with van der Waals surface area (Å²) in [4.78, 5) is 11.8. The van der Waals surface area contributed by atoms with Gasteiger partial charge in [0.2, 0.25) is 5.91 Å². The summed E-state index contributed by atoms with van der Waals surface area (Å²) in [5, 5.41) is 2.37. The summed E-state index contributed by atoms with van der Waals surface area (Å²) in [5.74, 6) is -0.639. The van der Waals surface area contributed by atoms with Gasteiger partial charge in [-0.2, -0.15) is 13.2 Å². The Bertz CT molecular complexity index is 491. The van der Waals surface area contributed by atoms with E-state index >= 15 is 0 Å². The van der Waals surface area contributed by atoms with E-state index < -0.39 is 23.7 Å². The lowest BCUT2D eigenvalue weighted by molar-refractivity contribution is -0.137. The van der Waals surface area contributed by atoms with Crippen LogP contribution in [0.15, 0.2) is 18.2 Å². The first-order valence-corrected chi connectivity index (χ1v) is 6.47. The topological polar surface area (TPSA) is 55.1 Å². The number of halogens is 4. The van der Waals surface area contributed by atoms with Crippen LogP contribution >= 0.6 is 11.6 Å². The number of rotatable bonds is 4. The quantitative estimate of drug-likeness (QED) is 0.891. The molecule has 0 aliphatic carbocycles. The molecule has 2 unspecified atom stereocenters. The minimum Gasteiger partial charge on any atom is -0.323 e. The van der Waals surface area contributed by atoms with Crippen molar-refractivity contribution in [2.45, 2.75) is 32.5 Å². The lowest BCUT2D eigenvalue weighted by Crippen LogP contribution is -2.40. The van der Waals surface area contributed by atoms with E-state index in [-0.39, 0.29) is 16.6 Å². The number of hydrogen-bond donors (Lipinski definition) is 2. The Balaban J connectivity index is 2.95. The van der Waals surface area contributed by atoms with Gasteiger partial charge in [-0.3, -0.25) is 4.79 Å². The fraction of sp³-hybridized carbons (Fsp3) is 0.462. The highest BCUT2D eigenvalue weighted by Gasteiger charge is 2.31. The molecule has 0 heterocycles. The van der Waals surface area contributed by atoms with E-state index in [2.05, 4.69) is 5.32 Å². The van der Waals surface area contributed by atoms with Crippen LogP contribution in [0.5, 0.6) is 0 Å². The Labute approximate surface area is 120 Å². The molecule has 1 aromatic rings. The minimum absolute atomic E-state index is 0.0303. The van der Waals surface area contributed by atoms with Gasteiger partial charge in [0, 0.05) is 0 Å². The van der Waals surface area contributed by atoms with Gasteiger partial charge in [-0.05, 0) is 24.1 Å². The molecule has 0 saturated carbocycles. The second-order valence-electron chi connectivity index (χ2n) is 4.59. The zero-order valence-electron chi connectivity index (χ0n) is 11.1. The van der Waals surface area contributed by atoms with Crippen molar-refractivity contribution in [3.05, 3.63) is 28.8 Å². The first kappa shape index (κ1) is 16.8. The van der Waals surface area contributed by atoms with Gasteiger partial charge in [0.05, 0.1) is 22.3 Å². The minimum atomic E-state index is -4.50. The molecule has 112 valence electrons. The molecule has 0 aromatic heterocycles. The average molecular weight is 309 g/mol. The third kappa shape index (κ3) is 4.11. The van der Waals surface area contributed by atoms with Crippen LogP contribution in [-0.4, -0.2) is 11.9 Å². The van der Waals surface area contributed by atoms with Crippen molar-refractivity contribution in [2.24, 2.45) is 11.7 Å². The lowest BCUT2D eigenvalue weighted by atomic mass is 9.99. The summed E-state index contributed by atoms with van der Waals surface area (Å²) in [6.07, 6.45) is -3.81. The van der Waals surface area contributed by atoms with Crippen LogP contribution in [0, 0.1) is 5.92 Å². The molecule has 0 radical (unpaired) electrons. The maximum Gasteiger partial charge on any atom is 0.416 e. The Hall–Kier alpha value is -1.27. The molecule has 3 nitrogen and oxygen atoms in total. The van der Waals surface area contributed by atoms with E-state index in [1.54, 1.807) is 6.92 Å². The molecule has 1 aromatic carbocycles. The Morgan fingerprint density at radius 1 is 1.45 bits per heavy atom. The Kier molecular flexibility index (Phi) is 5.42. The average Bonchev–Trinajstić information content (AvgIpc) is 2.38. The third-order valence-corrected chi connectivity index (χ3v) is 3.44.